The van der Waals surface area contributed by atoms with Crippen LogP contribution >= 0.6 is 0 Å². The third-order valence-corrected chi connectivity index (χ3v) is 2.39. The Kier molecular flexibility index (Phi) is 4.21. The Balaban J connectivity index is 0.000000606. The zero-order valence-electron chi connectivity index (χ0n) is 10.0. The highest BCUT2D eigenvalue weighted by Gasteiger charge is 2.44. The number of anilines is 1. The summed E-state index contributed by atoms with van der Waals surface area (Å²) in [6.45, 7) is 5.63. The van der Waals surface area contributed by atoms with Crippen LogP contribution in [0, 0.1) is 0 Å². The molecule has 0 aliphatic carbocycles. The number of alkyl halides is 2. The molecule has 0 bridgehead atoms. The first-order valence-electron chi connectivity index (χ1n) is 5.68. The normalized spacial score (nSPS) is 17.2. The molecule has 1 fully saturated rings. The standard InChI is InChI=1S/C10H12F2N2.C2H6/c1-2-8-3-4-9(13-5-8)14-6-10(11,12)7-14;1-2/h3-5H,2,6-7H2,1H3;1-2H3. The van der Waals surface area contributed by atoms with Gasteiger partial charge in [-0.05, 0) is 18.1 Å². The molecule has 0 saturated carbocycles. The summed E-state index contributed by atoms with van der Waals surface area (Å²) < 4.78 is 25.1. The number of pyridine rings is 1. The number of aromatic nitrogens is 1. The molecular formula is C12H18F2N2. The zero-order valence-corrected chi connectivity index (χ0v) is 10.0. The fourth-order valence-electron chi connectivity index (χ4n) is 1.49. The molecule has 1 aromatic heterocycles. The van der Waals surface area contributed by atoms with Gasteiger partial charge in [-0.2, -0.15) is 0 Å². The van der Waals surface area contributed by atoms with E-state index >= 15 is 0 Å². The fraction of sp³-hybridized carbons (Fsp3) is 0.583. The molecule has 2 heterocycles. The van der Waals surface area contributed by atoms with E-state index in [2.05, 4.69) is 4.98 Å². The van der Waals surface area contributed by atoms with Crippen molar-refractivity contribution in [2.24, 2.45) is 0 Å². The van der Waals surface area contributed by atoms with Gasteiger partial charge in [0.05, 0.1) is 13.1 Å². The fourth-order valence-corrected chi connectivity index (χ4v) is 1.49. The maximum absolute atomic E-state index is 12.5. The van der Waals surface area contributed by atoms with Gasteiger partial charge in [0.1, 0.15) is 5.82 Å². The molecule has 16 heavy (non-hydrogen) atoms. The van der Waals surface area contributed by atoms with Crippen LogP contribution in [0.3, 0.4) is 0 Å². The second-order valence-electron chi connectivity index (χ2n) is 3.59. The monoisotopic (exact) mass is 228 g/mol. The number of rotatable bonds is 2. The maximum atomic E-state index is 12.5. The van der Waals surface area contributed by atoms with Crippen molar-refractivity contribution in [1.82, 2.24) is 4.98 Å². The smallest absolute Gasteiger partial charge is 0.282 e. The first-order valence-corrected chi connectivity index (χ1v) is 5.68. The molecule has 0 spiro atoms. The van der Waals surface area contributed by atoms with Gasteiger partial charge in [0, 0.05) is 6.20 Å². The molecular weight excluding hydrogens is 210 g/mol. The Morgan fingerprint density at radius 1 is 1.31 bits per heavy atom. The van der Waals surface area contributed by atoms with Gasteiger partial charge in [0.2, 0.25) is 0 Å². The second kappa shape index (κ2) is 5.23. The lowest BCUT2D eigenvalue weighted by molar-refractivity contribution is -0.0267. The first-order chi connectivity index (χ1) is 7.61. The highest BCUT2D eigenvalue weighted by atomic mass is 19.3. The number of halogens is 2. The minimum absolute atomic E-state index is 0.203. The molecule has 0 radical (unpaired) electrons. The Morgan fingerprint density at radius 3 is 2.31 bits per heavy atom. The van der Waals surface area contributed by atoms with Crippen molar-refractivity contribution < 1.29 is 8.78 Å². The molecule has 0 N–H and O–H groups in total. The third-order valence-electron chi connectivity index (χ3n) is 2.39. The summed E-state index contributed by atoms with van der Waals surface area (Å²) in [6, 6.07) is 3.73. The van der Waals surface area contributed by atoms with Gasteiger partial charge in [-0.3, -0.25) is 0 Å². The van der Waals surface area contributed by atoms with Gasteiger partial charge >= 0.3 is 0 Å². The van der Waals surface area contributed by atoms with E-state index in [9.17, 15) is 8.78 Å². The highest BCUT2D eigenvalue weighted by Crippen LogP contribution is 2.30. The van der Waals surface area contributed by atoms with Crippen LogP contribution in [0.2, 0.25) is 0 Å². The molecule has 2 rings (SSSR count). The molecule has 1 saturated heterocycles. The second-order valence-corrected chi connectivity index (χ2v) is 3.59. The molecule has 1 aliphatic heterocycles. The topological polar surface area (TPSA) is 16.1 Å². The minimum Gasteiger partial charge on any atom is -0.344 e. The van der Waals surface area contributed by atoms with Crippen LogP contribution in [0.1, 0.15) is 26.3 Å². The SMILES string of the molecule is CC.CCc1ccc(N2CC(F)(F)C2)nc1. The van der Waals surface area contributed by atoms with E-state index in [0.717, 1.165) is 12.0 Å². The van der Waals surface area contributed by atoms with Crippen LogP contribution in [0.25, 0.3) is 0 Å². The molecule has 1 aromatic rings. The summed E-state index contributed by atoms with van der Waals surface area (Å²) in [6.07, 6.45) is 2.66. The summed E-state index contributed by atoms with van der Waals surface area (Å²) in [5, 5.41) is 0. The largest absolute Gasteiger partial charge is 0.344 e. The summed E-state index contributed by atoms with van der Waals surface area (Å²) >= 11 is 0. The number of aryl methyl sites for hydroxylation is 1. The first kappa shape index (κ1) is 12.9. The summed E-state index contributed by atoms with van der Waals surface area (Å²) in [5.74, 6) is -1.88. The van der Waals surface area contributed by atoms with Crippen molar-refractivity contribution in [2.45, 2.75) is 33.1 Å². The third kappa shape index (κ3) is 2.90. The van der Waals surface area contributed by atoms with E-state index in [0.29, 0.717) is 5.82 Å². The molecule has 0 unspecified atom stereocenters. The van der Waals surface area contributed by atoms with Crippen LogP contribution in [-0.4, -0.2) is 24.0 Å². The van der Waals surface area contributed by atoms with Crippen molar-refractivity contribution >= 4 is 5.82 Å². The Bertz CT molecular complexity index is 314. The minimum atomic E-state index is -2.52. The summed E-state index contributed by atoms with van der Waals surface area (Å²) in [5.41, 5.74) is 1.13. The lowest BCUT2D eigenvalue weighted by Crippen LogP contribution is -2.56. The van der Waals surface area contributed by atoms with Gasteiger partial charge in [-0.25, -0.2) is 13.8 Å². The quantitative estimate of drug-likeness (QED) is 0.773. The van der Waals surface area contributed by atoms with Gasteiger partial charge < -0.3 is 4.90 Å². The molecule has 90 valence electrons. The van der Waals surface area contributed by atoms with Gasteiger partial charge in [0.25, 0.3) is 5.92 Å². The van der Waals surface area contributed by atoms with Crippen molar-refractivity contribution in [3.05, 3.63) is 23.9 Å². The molecule has 4 heteroatoms. The summed E-state index contributed by atoms with van der Waals surface area (Å²) in [7, 11) is 0. The van der Waals surface area contributed by atoms with Crippen LogP contribution in [0.5, 0.6) is 0 Å². The van der Waals surface area contributed by atoms with Gasteiger partial charge in [-0.1, -0.05) is 26.8 Å². The number of hydrogen-bond donors (Lipinski definition) is 0. The average Bonchev–Trinajstić information content (AvgIpc) is 2.29. The van der Waals surface area contributed by atoms with Crippen LogP contribution < -0.4 is 4.90 Å². The Labute approximate surface area is 95.3 Å². The van der Waals surface area contributed by atoms with E-state index in [4.69, 9.17) is 0 Å². The van der Waals surface area contributed by atoms with E-state index in [1.54, 1.807) is 17.2 Å². The Morgan fingerprint density at radius 2 is 1.94 bits per heavy atom. The number of nitrogens with zero attached hydrogens (tertiary/aromatic N) is 2. The van der Waals surface area contributed by atoms with E-state index < -0.39 is 5.92 Å². The van der Waals surface area contributed by atoms with Crippen molar-refractivity contribution in [3.8, 4) is 0 Å². The maximum Gasteiger partial charge on any atom is 0.282 e. The summed E-state index contributed by atoms with van der Waals surface area (Å²) in [4.78, 5) is 5.71. The Hall–Kier alpha value is -1.19. The van der Waals surface area contributed by atoms with E-state index in [-0.39, 0.29) is 13.1 Å². The predicted molar refractivity (Wildman–Crippen MR) is 62.1 cm³/mol. The molecule has 0 atom stereocenters. The molecule has 0 aromatic carbocycles. The van der Waals surface area contributed by atoms with Crippen LogP contribution in [0.15, 0.2) is 18.3 Å². The molecule has 0 amide bonds. The van der Waals surface area contributed by atoms with E-state index in [1.165, 1.54) is 0 Å². The van der Waals surface area contributed by atoms with Crippen molar-refractivity contribution in [3.63, 3.8) is 0 Å². The van der Waals surface area contributed by atoms with Gasteiger partial charge in [-0.15, -0.1) is 0 Å². The highest BCUT2D eigenvalue weighted by molar-refractivity contribution is 5.43. The lowest BCUT2D eigenvalue weighted by atomic mass is 10.1. The van der Waals surface area contributed by atoms with Crippen molar-refractivity contribution in [2.75, 3.05) is 18.0 Å². The zero-order chi connectivity index (χ0) is 12.2. The van der Waals surface area contributed by atoms with Crippen LogP contribution in [-0.2, 0) is 6.42 Å². The molecule has 1 aliphatic rings. The lowest BCUT2D eigenvalue weighted by Gasteiger charge is -2.39. The molecule has 2 nitrogen and oxygen atoms in total. The van der Waals surface area contributed by atoms with Gasteiger partial charge in [0.15, 0.2) is 0 Å². The number of hydrogen-bond acceptors (Lipinski definition) is 2. The van der Waals surface area contributed by atoms with Crippen molar-refractivity contribution in [1.29, 1.82) is 0 Å². The predicted octanol–water partition coefficient (Wildman–Crippen LogP) is 3.13. The average molecular weight is 228 g/mol. The van der Waals surface area contributed by atoms with Crippen LogP contribution in [0.4, 0.5) is 14.6 Å². The van der Waals surface area contributed by atoms with E-state index in [1.807, 2.05) is 26.8 Å².